The summed E-state index contributed by atoms with van der Waals surface area (Å²) < 4.78 is -0.445. The average molecular weight is 276 g/mol. The van der Waals surface area contributed by atoms with Crippen LogP contribution in [0.4, 0.5) is 0 Å². The highest BCUT2D eigenvalue weighted by Crippen LogP contribution is 2.24. The first-order chi connectivity index (χ1) is 6.91. The number of carbonyl (C=O) groups is 1. The zero-order chi connectivity index (χ0) is 11.5. The van der Waals surface area contributed by atoms with Crippen LogP contribution in [0, 0.1) is 5.92 Å². The minimum atomic E-state index is -0.445. The Kier molecular flexibility index (Phi) is 4.63. The molecule has 3 heteroatoms. The van der Waals surface area contributed by atoms with Gasteiger partial charge in [-0.1, -0.05) is 42.1 Å². The van der Waals surface area contributed by atoms with Crippen LogP contribution < -0.4 is 5.32 Å². The van der Waals surface area contributed by atoms with Gasteiger partial charge in [0.15, 0.2) is 0 Å². The molecular weight excluding hydrogens is 254 g/mol. The van der Waals surface area contributed by atoms with Gasteiger partial charge in [-0.25, -0.2) is 0 Å². The fraction of sp³-hybridized carbons (Fsp3) is 0.917. The van der Waals surface area contributed by atoms with E-state index >= 15 is 0 Å². The second kappa shape index (κ2) is 5.33. The summed E-state index contributed by atoms with van der Waals surface area (Å²) in [4.78, 5) is 11.8. The SMILES string of the molecule is CC1CCCCCC1NC(=O)C(C)(C)Br. The number of halogens is 1. The van der Waals surface area contributed by atoms with Crippen molar-refractivity contribution in [2.75, 3.05) is 0 Å². The van der Waals surface area contributed by atoms with Crippen LogP contribution in [-0.2, 0) is 4.79 Å². The first-order valence-corrected chi connectivity index (χ1v) is 6.70. The summed E-state index contributed by atoms with van der Waals surface area (Å²) in [7, 11) is 0. The van der Waals surface area contributed by atoms with Crippen LogP contribution in [0.3, 0.4) is 0 Å². The van der Waals surface area contributed by atoms with Gasteiger partial charge in [-0.05, 0) is 32.6 Å². The maximum atomic E-state index is 11.8. The molecule has 2 unspecified atom stereocenters. The maximum absolute atomic E-state index is 11.8. The molecule has 1 fully saturated rings. The van der Waals surface area contributed by atoms with Crippen molar-refractivity contribution in [1.82, 2.24) is 5.32 Å². The lowest BCUT2D eigenvalue weighted by Crippen LogP contribution is -2.45. The monoisotopic (exact) mass is 275 g/mol. The smallest absolute Gasteiger partial charge is 0.236 e. The molecule has 2 atom stereocenters. The number of carbonyl (C=O) groups excluding carboxylic acids is 1. The molecular formula is C12H22BrNO. The highest BCUT2D eigenvalue weighted by atomic mass is 79.9. The fourth-order valence-electron chi connectivity index (χ4n) is 2.05. The van der Waals surface area contributed by atoms with E-state index in [1.54, 1.807) is 0 Å². The maximum Gasteiger partial charge on any atom is 0.236 e. The Labute approximate surface area is 101 Å². The molecule has 88 valence electrons. The topological polar surface area (TPSA) is 29.1 Å². The van der Waals surface area contributed by atoms with Crippen LogP contribution in [-0.4, -0.2) is 16.3 Å². The first-order valence-electron chi connectivity index (χ1n) is 5.91. The lowest BCUT2D eigenvalue weighted by Gasteiger charge is -2.26. The van der Waals surface area contributed by atoms with Gasteiger partial charge in [0.25, 0.3) is 0 Å². The third-order valence-electron chi connectivity index (χ3n) is 3.22. The fourth-order valence-corrected chi connectivity index (χ4v) is 2.16. The lowest BCUT2D eigenvalue weighted by molar-refractivity contribution is -0.123. The Morgan fingerprint density at radius 1 is 1.27 bits per heavy atom. The molecule has 0 saturated heterocycles. The minimum absolute atomic E-state index is 0.112. The van der Waals surface area contributed by atoms with Crippen LogP contribution in [0.2, 0.25) is 0 Å². The van der Waals surface area contributed by atoms with E-state index < -0.39 is 4.32 Å². The van der Waals surface area contributed by atoms with Crippen molar-refractivity contribution in [1.29, 1.82) is 0 Å². The van der Waals surface area contributed by atoms with Gasteiger partial charge >= 0.3 is 0 Å². The minimum Gasteiger partial charge on any atom is -0.352 e. The van der Waals surface area contributed by atoms with Gasteiger partial charge in [0.2, 0.25) is 5.91 Å². The summed E-state index contributed by atoms with van der Waals surface area (Å²) >= 11 is 3.40. The van der Waals surface area contributed by atoms with Gasteiger partial charge in [0.1, 0.15) is 0 Å². The molecule has 1 rings (SSSR count). The van der Waals surface area contributed by atoms with Crippen LogP contribution in [0.5, 0.6) is 0 Å². The van der Waals surface area contributed by atoms with Gasteiger partial charge in [-0.2, -0.15) is 0 Å². The number of hydrogen-bond acceptors (Lipinski definition) is 1. The van der Waals surface area contributed by atoms with Crippen molar-refractivity contribution in [2.45, 2.75) is 63.2 Å². The Morgan fingerprint density at radius 3 is 2.47 bits per heavy atom. The van der Waals surface area contributed by atoms with E-state index in [0.717, 1.165) is 6.42 Å². The quantitative estimate of drug-likeness (QED) is 0.609. The number of hydrogen-bond donors (Lipinski definition) is 1. The highest BCUT2D eigenvalue weighted by Gasteiger charge is 2.28. The van der Waals surface area contributed by atoms with E-state index in [4.69, 9.17) is 0 Å². The van der Waals surface area contributed by atoms with E-state index in [2.05, 4.69) is 28.2 Å². The Morgan fingerprint density at radius 2 is 1.87 bits per heavy atom. The van der Waals surface area contributed by atoms with Crippen molar-refractivity contribution in [3.63, 3.8) is 0 Å². The molecule has 1 N–H and O–H groups in total. The molecule has 1 aliphatic carbocycles. The van der Waals surface area contributed by atoms with E-state index in [-0.39, 0.29) is 5.91 Å². The zero-order valence-corrected chi connectivity index (χ0v) is 11.6. The first kappa shape index (κ1) is 13.0. The summed E-state index contributed by atoms with van der Waals surface area (Å²) in [6.07, 6.45) is 6.25. The summed E-state index contributed by atoms with van der Waals surface area (Å²) in [6, 6.07) is 0.372. The standard InChI is InChI=1S/C12H22BrNO/c1-9-7-5-4-6-8-10(9)14-11(15)12(2,3)13/h9-10H,4-8H2,1-3H3,(H,14,15). The summed E-state index contributed by atoms with van der Waals surface area (Å²) in [5, 5.41) is 3.16. The van der Waals surface area contributed by atoms with Crippen molar-refractivity contribution in [3.8, 4) is 0 Å². The van der Waals surface area contributed by atoms with Crippen LogP contribution in [0.1, 0.15) is 52.9 Å². The van der Waals surface area contributed by atoms with Crippen molar-refractivity contribution in [3.05, 3.63) is 0 Å². The molecule has 0 radical (unpaired) electrons. The number of nitrogens with one attached hydrogen (secondary N) is 1. The van der Waals surface area contributed by atoms with E-state index in [1.807, 2.05) is 13.8 Å². The molecule has 0 aromatic rings. The van der Waals surface area contributed by atoms with Gasteiger partial charge in [0, 0.05) is 6.04 Å². The average Bonchev–Trinajstić information content (AvgIpc) is 2.30. The summed E-state index contributed by atoms with van der Waals surface area (Å²) in [5.41, 5.74) is 0. The zero-order valence-electron chi connectivity index (χ0n) is 9.98. The Bertz CT molecular complexity index is 222. The van der Waals surface area contributed by atoms with Gasteiger partial charge < -0.3 is 5.32 Å². The number of alkyl halides is 1. The molecule has 15 heavy (non-hydrogen) atoms. The van der Waals surface area contributed by atoms with Crippen molar-refractivity contribution < 1.29 is 4.79 Å². The second-order valence-corrected chi connectivity index (χ2v) is 7.15. The molecule has 1 aliphatic rings. The third kappa shape index (κ3) is 4.13. The molecule has 2 nitrogen and oxygen atoms in total. The van der Waals surface area contributed by atoms with Crippen molar-refractivity contribution >= 4 is 21.8 Å². The summed E-state index contributed by atoms with van der Waals surface area (Å²) in [5.74, 6) is 0.729. The second-order valence-electron chi connectivity index (χ2n) is 5.17. The molecule has 1 amide bonds. The number of amides is 1. The largest absolute Gasteiger partial charge is 0.352 e. The molecule has 0 spiro atoms. The van der Waals surface area contributed by atoms with E-state index in [0.29, 0.717) is 12.0 Å². The predicted molar refractivity (Wildman–Crippen MR) is 67.2 cm³/mol. The normalized spacial score (nSPS) is 28.3. The van der Waals surface area contributed by atoms with E-state index in [1.165, 1.54) is 25.7 Å². The molecule has 0 heterocycles. The lowest BCUT2D eigenvalue weighted by atomic mass is 9.96. The molecule has 0 aromatic carbocycles. The van der Waals surface area contributed by atoms with Gasteiger partial charge in [0.05, 0.1) is 4.32 Å². The van der Waals surface area contributed by atoms with E-state index in [9.17, 15) is 4.79 Å². The van der Waals surface area contributed by atoms with Crippen LogP contribution in [0.25, 0.3) is 0 Å². The van der Waals surface area contributed by atoms with Gasteiger partial charge in [-0.15, -0.1) is 0 Å². The number of rotatable bonds is 2. The van der Waals surface area contributed by atoms with Crippen molar-refractivity contribution in [2.24, 2.45) is 5.92 Å². The Hall–Kier alpha value is -0.0500. The van der Waals surface area contributed by atoms with Gasteiger partial charge in [-0.3, -0.25) is 4.79 Å². The van der Waals surface area contributed by atoms with Crippen LogP contribution >= 0.6 is 15.9 Å². The molecule has 0 bridgehead atoms. The third-order valence-corrected chi connectivity index (χ3v) is 3.58. The van der Waals surface area contributed by atoms with Crippen LogP contribution in [0.15, 0.2) is 0 Å². The highest BCUT2D eigenvalue weighted by molar-refractivity contribution is 9.10. The molecule has 1 saturated carbocycles. The predicted octanol–water partition coefficient (Wildman–Crippen LogP) is 3.24. The molecule has 0 aromatic heterocycles. The summed E-state index contributed by atoms with van der Waals surface area (Å²) in [6.45, 7) is 6.03. The Balaban J connectivity index is 2.52. The molecule has 0 aliphatic heterocycles.